The first-order valence-electron chi connectivity index (χ1n) is 20.6. The van der Waals surface area contributed by atoms with Gasteiger partial charge in [-0.25, -0.2) is 0 Å². The van der Waals surface area contributed by atoms with E-state index < -0.39 is 6.04 Å². The molecule has 3 amide bonds. The molecule has 2 fully saturated rings. The maximum atomic E-state index is 13.8. The van der Waals surface area contributed by atoms with Crippen molar-refractivity contribution in [3.8, 4) is 22.5 Å². The highest BCUT2D eigenvalue weighted by atomic mass is 16.2. The fourth-order valence-corrected chi connectivity index (χ4v) is 8.49. The van der Waals surface area contributed by atoms with E-state index in [1.807, 2.05) is 61.5 Å². The molecule has 7 rings (SSSR count). The predicted molar refractivity (Wildman–Crippen MR) is 226 cm³/mol. The number of aryl methyl sites for hydroxylation is 1. The molecule has 12 nitrogen and oxygen atoms in total. The second kappa shape index (κ2) is 19.1. The van der Waals surface area contributed by atoms with Gasteiger partial charge in [-0.05, 0) is 147 Å². The Bertz CT molecular complexity index is 2110. The predicted octanol–water partition coefficient (Wildman–Crippen LogP) is 6.45. The quantitative estimate of drug-likeness (QED) is 0.0857. The van der Waals surface area contributed by atoms with Gasteiger partial charge in [-0.3, -0.25) is 19.3 Å². The highest BCUT2D eigenvalue weighted by molar-refractivity contribution is 5.98. The molecular weight excluding hydrogens is 727 g/mol. The number of aromatic amines is 1. The van der Waals surface area contributed by atoms with Crippen molar-refractivity contribution in [3.63, 3.8) is 0 Å². The third-order valence-electron chi connectivity index (χ3n) is 12.1. The molecule has 4 aromatic carbocycles. The number of carbonyl (C=O) groups is 3. The maximum absolute atomic E-state index is 13.8. The Hall–Kier alpha value is -5.72. The van der Waals surface area contributed by atoms with Crippen LogP contribution in [0.5, 0.6) is 0 Å². The lowest BCUT2D eigenvalue weighted by Gasteiger charge is -2.35. The summed E-state index contributed by atoms with van der Waals surface area (Å²) < 4.78 is 0. The highest BCUT2D eigenvalue weighted by Crippen LogP contribution is 2.30. The van der Waals surface area contributed by atoms with E-state index in [-0.39, 0.29) is 29.7 Å². The van der Waals surface area contributed by atoms with Gasteiger partial charge in [0.25, 0.3) is 5.91 Å². The fourth-order valence-electron chi connectivity index (χ4n) is 8.49. The van der Waals surface area contributed by atoms with Crippen molar-refractivity contribution < 1.29 is 14.4 Å². The van der Waals surface area contributed by atoms with Crippen molar-refractivity contribution in [3.05, 3.63) is 119 Å². The van der Waals surface area contributed by atoms with E-state index in [0.717, 1.165) is 85.7 Å². The van der Waals surface area contributed by atoms with Gasteiger partial charge >= 0.3 is 0 Å². The lowest BCUT2D eigenvalue weighted by molar-refractivity contribution is -0.130. The van der Waals surface area contributed by atoms with Gasteiger partial charge in [0.1, 0.15) is 6.04 Å². The summed E-state index contributed by atoms with van der Waals surface area (Å²) in [6.07, 6.45) is 7.75. The number of carbonyl (C=O) groups excluding carboxylic acids is 3. The van der Waals surface area contributed by atoms with E-state index in [4.69, 9.17) is 5.73 Å². The van der Waals surface area contributed by atoms with Crippen LogP contribution in [0.2, 0.25) is 0 Å². The van der Waals surface area contributed by atoms with Crippen molar-refractivity contribution in [1.29, 1.82) is 0 Å². The molecule has 2 saturated carbocycles. The number of hydrogen-bond donors (Lipinski definition) is 5. The molecule has 58 heavy (non-hydrogen) atoms. The van der Waals surface area contributed by atoms with Gasteiger partial charge in [0.15, 0.2) is 0 Å². The molecule has 0 bridgehead atoms. The lowest BCUT2D eigenvalue weighted by atomic mass is 9.81. The lowest BCUT2D eigenvalue weighted by Crippen LogP contribution is -2.48. The van der Waals surface area contributed by atoms with Gasteiger partial charge in [-0.2, -0.15) is 5.21 Å². The zero-order chi connectivity index (χ0) is 40.4. The molecule has 0 spiro atoms. The molecule has 2 aliphatic rings. The smallest absolute Gasteiger partial charge is 0.251 e. The molecule has 1 unspecified atom stereocenters. The van der Waals surface area contributed by atoms with E-state index in [0.29, 0.717) is 42.0 Å². The van der Waals surface area contributed by atoms with Crippen LogP contribution in [0.25, 0.3) is 22.5 Å². The minimum Gasteiger partial charge on any atom is -0.349 e. The summed E-state index contributed by atoms with van der Waals surface area (Å²) in [5.41, 5.74) is 13.2. The number of aromatic nitrogens is 4. The first-order chi connectivity index (χ1) is 28.2. The number of nitrogens with two attached hydrogens (primary N) is 1. The number of nitrogens with one attached hydrogen (secondary N) is 4. The summed E-state index contributed by atoms with van der Waals surface area (Å²) in [6, 6.07) is 31.6. The Morgan fingerprint density at radius 1 is 0.828 bits per heavy atom. The van der Waals surface area contributed by atoms with E-state index in [1.54, 1.807) is 12.1 Å². The topological polar surface area (TPSA) is 171 Å². The van der Waals surface area contributed by atoms with Crippen LogP contribution in [0.4, 0.5) is 5.69 Å². The second-order valence-electron chi connectivity index (χ2n) is 16.1. The third kappa shape index (κ3) is 10.4. The molecule has 0 aliphatic heterocycles. The van der Waals surface area contributed by atoms with Gasteiger partial charge in [-0.1, -0.05) is 60.7 Å². The maximum Gasteiger partial charge on any atom is 0.251 e. The van der Waals surface area contributed by atoms with Crippen LogP contribution >= 0.6 is 0 Å². The minimum atomic E-state index is -0.785. The zero-order valence-corrected chi connectivity index (χ0v) is 33.5. The average molecular weight is 782 g/mol. The largest absolute Gasteiger partial charge is 0.349 e. The monoisotopic (exact) mass is 781 g/mol. The summed E-state index contributed by atoms with van der Waals surface area (Å²) in [5.74, 6) is 0.330. The molecule has 1 atom stereocenters. The first kappa shape index (κ1) is 40.5. The summed E-state index contributed by atoms with van der Waals surface area (Å²) in [4.78, 5) is 43.1. The van der Waals surface area contributed by atoms with Crippen molar-refractivity contribution in [1.82, 2.24) is 36.2 Å². The Morgan fingerprint density at radius 2 is 1.53 bits per heavy atom. The molecule has 1 aromatic heterocycles. The number of anilines is 1. The number of amides is 3. The van der Waals surface area contributed by atoms with Crippen LogP contribution in [-0.2, 0) is 22.6 Å². The standard InChI is InChI=1S/C46H55N9O3/c1-30-26-37(45(57)48-39-21-23-40(24-22-39)55(2)29-33-6-4-3-5-7-33)18-25-41(30)34-12-8-31(9-13-34)27-42(50-44(56)36-14-10-32(28-47)11-15-36)46(58)49-38-19-16-35(17-20-38)43-51-53-54-52-43/h3-9,12-13,16-20,25-26,32,36,39-40,42H,10-11,14-15,21-24,27-29,47H2,1-2H3,(H,48,57)(H,49,58)(H,50,56)(H,51,52,53,54). The van der Waals surface area contributed by atoms with Crippen LogP contribution in [0, 0.1) is 18.8 Å². The van der Waals surface area contributed by atoms with Crippen LogP contribution in [0.1, 0.15) is 78.4 Å². The minimum absolute atomic E-state index is 0.0344. The number of H-pyrrole nitrogens is 1. The van der Waals surface area contributed by atoms with E-state index in [1.165, 1.54) is 5.56 Å². The second-order valence-corrected chi connectivity index (χ2v) is 16.1. The van der Waals surface area contributed by atoms with Gasteiger partial charge < -0.3 is 21.7 Å². The number of nitrogens with zero attached hydrogens (tertiary/aromatic N) is 4. The molecule has 5 aromatic rings. The van der Waals surface area contributed by atoms with Crippen LogP contribution in [0.3, 0.4) is 0 Å². The summed E-state index contributed by atoms with van der Waals surface area (Å²) in [5, 5.41) is 23.4. The molecule has 6 N–H and O–H groups in total. The first-order valence-corrected chi connectivity index (χ1v) is 20.6. The average Bonchev–Trinajstić information content (AvgIpc) is 3.80. The third-order valence-corrected chi connectivity index (χ3v) is 12.1. The Morgan fingerprint density at radius 3 is 2.19 bits per heavy atom. The van der Waals surface area contributed by atoms with E-state index in [9.17, 15) is 14.4 Å². The molecule has 1 heterocycles. The Labute approximate surface area is 340 Å². The van der Waals surface area contributed by atoms with E-state index >= 15 is 0 Å². The number of hydrogen-bond acceptors (Lipinski definition) is 8. The molecule has 0 saturated heterocycles. The number of rotatable bonds is 14. The highest BCUT2D eigenvalue weighted by Gasteiger charge is 2.30. The zero-order valence-electron chi connectivity index (χ0n) is 33.5. The number of tetrazole rings is 1. The molecule has 0 radical (unpaired) electrons. The van der Waals surface area contributed by atoms with Gasteiger partial charge in [0.05, 0.1) is 0 Å². The molecular formula is C46H55N9O3. The van der Waals surface area contributed by atoms with Crippen molar-refractivity contribution in [2.45, 2.75) is 89.4 Å². The van der Waals surface area contributed by atoms with Gasteiger partial charge in [-0.15, -0.1) is 10.2 Å². The normalized spacial score (nSPS) is 19.9. The number of benzene rings is 4. The van der Waals surface area contributed by atoms with Gasteiger partial charge in [0.2, 0.25) is 17.6 Å². The van der Waals surface area contributed by atoms with Crippen LogP contribution in [-0.4, -0.2) is 75.0 Å². The summed E-state index contributed by atoms with van der Waals surface area (Å²) in [7, 11) is 2.20. The molecule has 2 aliphatic carbocycles. The molecule has 302 valence electrons. The SMILES string of the molecule is Cc1cc(C(=O)NC2CCC(N(C)Cc3ccccc3)CC2)ccc1-c1ccc(CC(NC(=O)C2CCC(CN)CC2)C(=O)Nc2ccc(-c3nn[nH]n3)cc2)cc1. The summed E-state index contributed by atoms with van der Waals surface area (Å²) >= 11 is 0. The van der Waals surface area contributed by atoms with Crippen LogP contribution < -0.4 is 21.7 Å². The molecule has 12 heteroatoms. The van der Waals surface area contributed by atoms with Crippen molar-refractivity contribution in [2.75, 3.05) is 18.9 Å². The van der Waals surface area contributed by atoms with E-state index in [2.05, 4.69) is 78.9 Å². The van der Waals surface area contributed by atoms with Gasteiger partial charge in [0, 0.05) is 47.8 Å². The van der Waals surface area contributed by atoms with Crippen molar-refractivity contribution >= 4 is 23.4 Å². The fraction of sp³-hybridized carbons (Fsp3) is 0.391. The Balaban J connectivity index is 0.962. The van der Waals surface area contributed by atoms with Crippen LogP contribution in [0.15, 0.2) is 97.1 Å². The van der Waals surface area contributed by atoms with Crippen molar-refractivity contribution in [2.24, 2.45) is 17.6 Å². The Kier molecular flexibility index (Phi) is 13.4. The summed E-state index contributed by atoms with van der Waals surface area (Å²) in [6.45, 7) is 3.60.